The first kappa shape index (κ1) is 47.0. The molecule has 0 spiro atoms. The molecule has 1 aromatic rings. The minimum atomic E-state index is -0.497. The Balaban J connectivity index is -0.000000344. The molecule has 1 rings (SSSR count). The van der Waals surface area contributed by atoms with E-state index in [1.54, 1.807) is 7.05 Å². The normalized spacial score (nSPS) is 10.2. The van der Waals surface area contributed by atoms with Gasteiger partial charge in [0, 0.05) is 25.0 Å². The molecule has 0 aliphatic carbocycles. The Kier molecular flexibility index (Phi) is 43.2. The van der Waals surface area contributed by atoms with Gasteiger partial charge >= 0.3 is 41.5 Å². The van der Waals surface area contributed by atoms with Crippen LogP contribution in [-0.4, -0.2) is 25.5 Å². The van der Waals surface area contributed by atoms with Crippen molar-refractivity contribution in [2.75, 3.05) is 13.6 Å². The second kappa shape index (κ2) is 39.6. The molecule has 1 heterocycles. The zero-order valence-corrected chi connectivity index (χ0v) is 31.7. The van der Waals surface area contributed by atoms with Crippen molar-refractivity contribution in [1.29, 1.82) is 0 Å². The van der Waals surface area contributed by atoms with Crippen molar-refractivity contribution in [3.05, 3.63) is 30.6 Å². The van der Waals surface area contributed by atoms with E-state index in [9.17, 15) is 9.59 Å². The number of esters is 2. The number of halogens is 1. The van der Waals surface area contributed by atoms with Crippen molar-refractivity contribution in [2.24, 2.45) is 0 Å². The Morgan fingerprint density at radius 1 is 0.581 bits per heavy atom. The van der Waals surface area contributed by atoms with Crippen LogP contribution in [0, 0.1) is 0 Å². The molecule has 0 amide bonds. The average molecular weight is 636 g/mol. The monoisotopic (exact) mass is 635 g/mol. The summed E-state index contributed by atoms with van der Waals surface area (Å²) in [6.07, 6.45) is 35.7. The molecule has 0 saturated carbocycles. The smallest absolute Gasteiger partial charge is 1.00 e. The van der Waals surface area contributed by atoms with Crippen LogP contribution in [0.25, 0.3) is 0 Å². The van der Waals surface area contributed by atoms with Crippen LogP contribution in [0.1, 0.15) is 169 Å². The van der Waals surface area contributed by atoms with Gasteiger partial charge in [-0.05, 0) is 19.9 Å². The van der Waals surface area contributed by atoms with Gasteiger partial charge in [0.15, 0.2) is 12.4 Å². The maximum Gasteiger partial charge on any atom is 1.00 e. The van der Waals surface area contributed by atoms with Crippen molar-refractivity contribution in [1.82, 2.24) is 5.32 Å². The number of hydrogen-bond donors (Lipinski definition) is 1. The molecular formula is C36H69ClN2NaO3+. The van der Waals surface area contributed by atoms with Gasteiger partial charge in [0.25, 0.3) is 0 Å². The van der Waals surface area contributed by atoms with E-state index < -0.39 is 11.9 Å². The van der Waals surface area contributed by atoms with E-state index in [1.165, 1.54) is 141 Å². The molecule has 248 valence electrons. The van der Waals surface area contributed by atoms with Crippen molar-refractivity contribution < 1.29 is 49.9 Å². The minimum Gasteiger partial charge on any atom is -1.00 e. The molecular weight excluding hydrogens is 567 g/mol. The molecule has 0 atom stereocenters. The van der Waals surface area contributed by atoms with E-state index in [4.69, 9.17) is 0 Å². The van der Waals surface area contributed by atoms with E-state index in [0.29, 0.717) is 6.42 Å². The number of aromatic nitrogens is 1. The summed E-state index contributed by atoms with van der Waals surface area (Å²) in [6.45, 7) is 5.78. The Bertz CT molecular complexity index is 701. The third-order valence-corrected chi connectivity index (χ3v) is 7.58. The van der Waals surface area contributed by atoms with Crippen LogP contribution in [0.5, 0.6) is 0 Å². The summed E-state index contributed by atoms with van der Waals surface area (Å²) in [7, 11) is 1.65. The van der Waals surface area contributed by atoms with Crippen LogP contribution in [-0.2, 0) is 20.9 Å². The summed E-state index contributed by atoms with van der Waals surface area (Å²) in [5.74, 6) is -0.897. The average Bonchev–Trinajstić information content (AvgIpc) is 2.97. The summed E-state index contributed by atoms with van der Waals surface area (Å²) >= 11 is 0. The third-order valence-electron chi connectivity index (χ3n) is 7.58. The van der Waals surface area contributed by atoms with E-state index in [1.807, 2.05) is 0 Å². The van der Waals surface area contributed by atoms with Crippen LogP contribution in [0.3, 0.4) is 0 Å². The first-order valence-corrected chi connectivity index (χ1v) is 17.5. The maximum absolute atomic E-state index is 11.3. The molecule has 1 aromatic heterocycles. The van der Waals surface area contributed by atoms with E-state index in [-0.39, 0.29) is 49.9 Å². The van der Waals surface area contributed by atoms with Gasteiger partial charge in [0.1, 0.15) is 6.54 Å². The van der Waals surface area contributed by atoms with Crippen LogP contribution in [0.15, 0.2) is 30.6 Å². The zero-order valence-electron chi connectivity index (χ0n) is 29.9. The number of nitrogens with one attached hydrogen (secondary N) is 1. The van der Waals surface area contributed by atoms with Crippen molar-refractivity contribution in [2.45, 2.75) is 174 Å². The van der Waals surface area contributed by atoms with Gasteiger partial charge in [0.2, 0.25) is 0 Å². The number of ether oxygens (including phenoxy) is 1. The van der Waals surface area contributed by atoms with Crippen LogP contribution >= 0.6 is 12.4 Å². The Morgan fingerprint density at radius 2 is 0.953 bits per heavy atom. The topological polar surface area (TPSA) is 59.3 Å². The number of carbonyl (C=O) groups excluding carboxylic acids is 2. The number of nitrogens with zero attached hydrogens (tertiary/aromatic N) is 1. The molecule has 0 aromatic carbocycles. The number of rotatable bonds is 27. The van der Waals surface area contributed by atoms with Crippen molar-refractivity contribution in [3.63, 3.8) is 0 Å². The standard InChI is InChI=1S/C21H38N.C15H29NO3.ClH.Na.H/c1-2-3-4-5-6-7-8-9-10-11-12-13-14-16-19-22-20-17-15-18-21-22;1-3-4-5-6-7-8-9-10-11-12-14(17)19-15(18)13-16-2;;;/h15,17-18,20-21H,2-14,16,19H2,1H3;16H,3-13H2,1-2H3;1H;;/q+1;;;+1;-1. The fourth-order valence-corrected chi connectivity index (χ4v) is 5.01. The van der Waals surface area contributed by atoms with E-state index in [0.717, 1.165) is 12.8 Å². The number of aryl methyl sites for hydroxylation is 1. The summed E-state index contributed by atoms with van der Waals surface area (Å²) < 4.78 is 6.91. The van der Waals surface area contributed by atoms with Crippen LogP contribution in [0.4, 0.5) is 0 Å². The molecule has 7 heteroatoms. The molecule has 43 heavy (non-hydrogen) atoms. The molecule has 1 N–H and O–H groups in total. The molecule has 0 unspecified atom stereocenters. The quantitative estimate of drug-likeness (QED) is 0.0365. The second-order valence-corrected chi connectivity index (χ2v) is 11.7. The van der Waals surface area contributed by atoms with E-state index >= 15 is 0 Å². The molecule has 0 bridgehead atoms. The number of pyridine rings is 1. The van der Waals surface area contributed by atoms with Gasteiger partial charge in [-0.3, -0.25) is 9.59 Å². The summed E-state index contributed by atoms with van der Waals surface area (Å²) in [5.41, 5.74) is 0. The molecule has 0 radical (unpaired) electrons. The zero-order chi connectivity index (χ0) is 30.1. The Hall–Kier alpha value is -0.460. The molecule has 0 fully saturated rings. The summed E-state index contributed by atoms with van der Waals surface area (Å²) in [5, 5.41) is 2.65. The first-order valence-electron chi connectivity index (χ1n) is 17.5. The summed E-state index contributed by atoms with van der Waals surface area (Å²) in [6, 6.07) is 6.31. The number of carbonyl (C=O) groups is 2. The first-order chi connectivity index (χ1) is 20.1. The van der Waals surface area contributed by atoms with E-state index in [2.05, 4.69) is 59.1 Å². The predicted octanol–water partition coefficient (Wildman–Crippen LogP) is 7.19. The molecule has 0 aliphatic rings. The minimum absolute atomic E-state index is 0. The predicted molar refractivity (Wildman–Crippen MR) is 182 cm³/mol. The largest absolute Gasteiger partial charge is 1.00 e. The van der Waals surface area contributed by atoms with Gasteiger partial charge in [0.05, 0.1) is 6.54 Å². The fourth-order valence-electron chi connectivity index (χ4n) is 5.01. The van der Waals surface area contributed by atoms with Gasteiger partial charge in [-0.1, -0.05) is 148 Å². The molecule has 5 nitrogen and oxygen atoms in total. The van der Waals surface area contributed by atoms with Gasteiger partial charge in [-0.25, -0.2) is 4.57 Å². The van der Waals surface area contributed by atoms with Crippen LogP contribution < -0.4 is 39.4 Å². The summed E-state index contributed by atoms with van der Waals surface area (Å²) in [4.78, 5) is 22.3. The van der Waals surface area contributed by atoms with Crippen molar-refractivity contribution >= 4 is 24.3 Å². The second-order valence-electron chi connectivity index (χ2n) is 11.7. The Labute approximate surface area is 296 Å². The number of unbranched alkanes of at least 4 members (excludes halogenated alkanes) is 21. The Morgan fingerprint density at radius 3 is 1.35 bits per heavy atom. The number of likely N-dealkylation sites (N-methyl/N-ethyl adjacent to an activating group) is 1. The van der Waals surface area contributed by atoms with Crippen LogP contribution in [0.2, 0.25) is 0 Å². The molecule has 0 aliphatic heterocycles. The van der Waals surface area contributed by atoms with Gasteiger partial charge in [-0.2, -0.15) is 0 Å². The van der Waals surface area contributed by atoms with Gasteiger partial charge < -0.3 is 11.5 Å². The number of hydrogen-bond acceptors (Lipinski definition) is 4. The molecule has 0 saturated heterocycles. The van der Waals surface area contributed by atoms with Crippen molar-refractivity contribution in [3.8, 4) is 0 Å². The van der Waals surface area contributed by atoms with Gasteiger partial charge in [-0.15, -0.1) is 12.4 Å². The maximum atomic E-state index is 11.3. The fraction of sp³-hybridized carbons (Fsp3) is 0.806. The third kappa shape index (κ3) is 37.6. The SMILES string of the molecule is CCCCCCCCCCCC(=O)OC(=O)CNC.CCCCCCCCCCCCCCCC[n+]1ccccc1.Cl.[H-].[Na+].